The molecule has 206 valence electrons. The molecule has 0 aliphatic heterocycles. The summed E-state index contributed by atoms with van der Waals surface area (Å²) < 4.78 is 47.9. The third kappa shape index (κ3) is 5.86. The number of nitriles is 1. The van der Waals surface area contributed by atoms with E-state index >= 15 is 0 Å². The summed E-state index contributed by atoms with van der Waals surface area (Å²) in [6.45, 7) is 1.26. The monoisotopic (exact) mass is 554 g/mol. The van der Waals surface area contributed by atoms with Crippen LogP contribution in [0.2, 0.25) is 0 Å². The van der Waals surface area contributed by atoms with E-state index in [2.05, 4.69) is 5.32 Å². The van der Waals surface area contributed by atoms with Crippen LogP contribution in [-0.4, -0.2) is 47.9 Å². The van der Waals surface area contributed by atoms with Crippen molar-refractivity contribution in [3.63, 3.8) is 0 Å². The van der Waals surface area contributed by atoms with Gasteiger partial charge in [-0.05, 0) is 48.5 Å². The zero-order valence-electron chi connectivity index (χ0n) is 21.2. The Kier molecular flexibility index (Phi) is 8.14. The van der Waals surface area contributed by atoms with Crippen LogP contribution >= 0.6 is 0 Å². The van der Waals surface area contributed by atoms with E-state index in [1.807, 2.05) is 0 Å². The molecule has 3 aromatic rings. The fourth-order valence-corrected chi connectivity index (χ4v) is 3.75. The lowest BCUT2D eigenvalue weighted by Gasteiger charge is -2.21. The van der Waals surface area contributed by atoms with Crippen molar-refractivity contribution in [3.8, 4) is 28.7 Å². The number of rotatable bonds is 7. The summed E-state index contributed by atoms with van der Waals surface area (Å²) in [6.07, 6.45) is -5.02. The average molecular weight is 554 g/mol. The summed E-state index contributed by atoms with van der Waals surface area (Å²) in [5.41, 5.74) is -4.44. The van der Waals surface area contributed by atoms with Crippen molar-refractivity contribution >= 4 is 34.9 Å². The SMILES string of the molecule is COc1ccc(N(C)C(C)=O)cc1-c1cc(O)c(C(=N)C(=O)Nc2ccc(C#N)cc2C(=O)O)cc1C(F)(F)F. The molecule has 0 bridgehead atoms. The highest BCUT2D eigenvalue weighted by Gasteiger charge is 2.36. The van der Waals surface area contributed by atoms with Crippen LogP contribution in [-0.2, 0) is 15.8 Å². The van der Waals surface area contributed by atoms with E-state index in [4.69, 9.17) is 15.4 Å². The average Bonchev–Trinajstić information content (AvgIpc) is 2.90. The second-order valence-electron chi connectivity index (χ2n) is 8.38. The lowest BCUT2D eigenvalue weighted by atomic mass is 9.93. The van der Waals surface area contributed by atoms with Gasteiger partial charge in [0.25, 0.3) is 5.91 Å². The predicted octanol–water partition coefficient (Wildman–Crippen LogP) is 4.65. The van der Waals surface area contributed by atoms with E-state index in [-0.39, 0.29) is 28.3 Å². The maximum Gasteiger partial charge on any atom is 0.417 e. The Labute approximate surface area is 225 Å². The van der Waals surface area contributed by atoms with E-state index in [0.29, 0.717) is 6.07 Å². The van der Waals surface area contributed by atoms with Gasteiger partial charge >= 0.3 is 12.1 Å². The Morgan fingerprint density at radius 3 is 2.27 bits per heavy atom. The van der Waals surface area contributed by atoms with E-state index in [9.17, 15) is 37.8 Å². The Bertz CT molecular complexity index is 1590. The van der Waals surface area contributed by atoms with Crippen molar-refractivity contribution in [1.82, 2.24) is 0 Å². The number of carbonyl (C=O) groups is 3. The zero-order chi connectivity index (χ0) is 29.9. The van der Waals surface area contributed by atoms with Gasteiger partial charge in [-0.3, -0.25) is 15.0 Å². The minimum absolute atomic E-state index is 0.00631. The number of hydrogen-bond donors (Lipinski definition) is 4. The molecule has 0 radical (unpaired) electrons. The molecule has 0 unspecified atom stereocenters. The van der Waals surface area contributed by atoms with Gasteiger partial charge in [0.05, 0.1) is 35.6 Å². The maximum absolute atomic E-state index is 14.2. The molecule has 40 heavy (non-hydrogen) atoms. The normalized spacial score (nSPS) is 10.8. The number of anilines is 2. The van der Waals surface area contributed by atoms with Crippen molar-refractivity contribution in [1.29, 1.82) is 10.7 Å². The molecule has 3 rings (SSSR count). The van der Waals surface area contributed by atoms with Gasteiger partial charge in [0.1, 0.15) is 17.2 Å². The van der Waals surface area contributed by atoms with Gasteiger partial charge in [-0.2, -0.15) is 18.4 Å². The van der Waals surface area contributed by atoms with Gasteiger partial charge < -0.3 is 25.2 Å². The number of halogens is 3. The summed E-state index contributed by atoms with van der Waals surface area (Å²) >= 11 is 0. The molecule has 0 saturated carbocycles. The third-order valence-electron chi connectivity index (χ3n) is 5.90. The summed E-state index contributed by atoms with van der Waals surface area (Å²) in [4.78, 5) is 37.3. The minimum atomic E-state index is -5.02. The number of benzene rings is 3. The molecule has 13 heteroatoms. The molecule has 0 fully saturated rings. The number of carboxylic acids is 1. The highest BCUT2D eigenvalue weighted by molar-refractivity contribution is 6.48. The number of alkyl halides is 3. The number of nitrogens with one attached hydrogen (secondary N) is 2. The van der Waals surface area contributed by atoms with Crippen LogP contribution in [0.1, 0.15) is 34.0 Å². The number of amides is 2. The van der Waals surface area contributed by atoms with Crippen molar-refractivity contribution in [2.45, 2.75) is 13.1 Å². The summed E-state index contributed by atoms with van der Waals surface area (Å²) in [5.74, 6) is -4.07. The van der Waals surface area contributed by atoms with E-state index < -0.39 is 57.7 Å². The number of methoxy groups -OCH3 is 1. The maximum atomic E-state index is 14.2. The van der Waals surface area contributed by atoms with Gasteiger partial charge in [-0.15, -0.1) is 0 Å². The highest BCUT2D eigenvalue weighted by atomic mass is 19.4. The molecule has 0 aromatic heterocycles. The van der Waals surface area contributed by atoms with Crippen molar-refractivity contribution in [3.05, 3.63) is 70.8 Å². The summed E-state index contributed by atoms with van der Waals surface area (Å²) in [6, 6.07) is 10.2. The van der Waals surface area contributed by atoms with Gasteiger partial charge in [0.15, 0.2) is 0 Å². The second-order valence-corrected chi connectivity index (χ2v) is 8.38. The number of carboxylic acid groups (broad SMARTS) is 1. The van der Waals surface area contributed by atoms with Gasteiger partial charge in [0.2, 0.25) is 5.91 Å². The Hall–Kier alpha value is -5.38. The van der Waals surface area contributed by atoms with Crippen LogP contribution in [0.15, 0.2) is 48.5 Å². The number of nitrogens with zero attached hydrogens (tertiary/aromatic N) is 2. The smallest absolute Gasteiger partial charge is 0.417 e. The second kappa shape index (κ2) is 11.2. The fourth-order valence-electron chi connectivity index (χ4n) is 3.75. The molecule has 0 saturated heterocycles. The first-order valence-electron chi connectivity index (χ1n) is 11.2. The van der Waals surface area contributed by atoms with E-state index in [0.717, 1.165) is 18.2 Å². The number of hydrogen-bond acceptors (Lipinski definition) is 7. The van der Waals surface area contributed by atoms with E-state index in [1.165, 1.54) is 50.2 Å². The van der Waals surface area contributed by atoms with Crippen molar-refractivity contribution < 1.29 is 42.5 Å². The Balaban J connectivity index is 2.12. The van der Waals surface area contributed by atoms with Crippen LogP contribution in [0, 0.1) is 16.7 Å². The first kappa shape index (κ1) is 29.2. The molecular weight excluding hydrogens is 533 g/mol. The first-order valence-corrected chi connectivity index (χ1v) is 11.2. The lowest BCUT2D eigenvalue weighted by Crippen LogP contribution is -2.25. The first-order chi connectivity index (χ1) is 18.7. The summed E-state index contributed by atoms with van der Waals surface area (Å²) in [7, 11) is 2.64. The van der Waals surface area contributed by atoms with E-state index in [1.54, 1.807) is 6.07 Å². The number of aromatic hydroxyl groups is 1. The molecule has 4 N–H and O–H groups in total. The number of phenolic OH excluding ortho intramolecular Hbond substituents is 1. The number of carbonyl (C=O) groups excluding carboxylic acids is 2. The molecule has 10 nitrogen and oxygen atoms in total. The zero-order valence-corrected chi connectivity index (χ0v) is 21.2. The standard InChI is InChI=1S/C27H21F3N4O6/c1-13(35)34(2)15-5-7-23(40-3)17(9-15)16-11-22(36)19(10-20(16)27(28,29)30)24(32)25(37)33-21-6-4-14(12-31)8-18(21)26(38)39/h4-11,32,36H,1-3H3,(H,33,37)(H,38,39). The van der Waals surface area contributed by atoms with Crippen LogP contribution in [0.4, 0.5) is 24.5 Å². The quantitative estimate of drug-likeness (QED) is 0.309. The lowest BCUT2D eigenvalue weighted by molar-refractivity contribution is -0.137. The third-order valence-corrected chi connectivity index (χ3v) is 5.90. The number of aromatic carboxylic acids is 1. The molecule has 0 spiro atoms. The highest BCUT2D eigenvalue weighted by Crippen LogP contribution is 2.44. The fraction of sp³-hybridized carbons (Fsp3) is 0.148. The summed E-state index contributed by atoms with van der Waals surface area (Å²) in [5, 5.41) is 39.3. The minimum Gasteiger partial charge on any atom is -0.507 e. The topological polar surface area (TPSA) is 164 Å². The van der Waals surface area contributed by atoms with Crippen LogP contribution in [0.25, 0.3) is 11.1 Å². The van der Waals surface area contributed by atoms with Gasteiger partial charge in [-0.1, -0.05) is 0 Å². The van der Waals surface area contributed by atoms with Gasteiger partial charge in [-0.25, -0.2) is 4.79 Å². The van der Waals surface area contributed by atoms with Crippen LogP contribution in [0.5, 0.6) is 11.5 Å². The van der Waals surface area contributed by atoms with Crippen LogP contribution < -0.4 is 15.0 Å². The molecule has 0 heterocycles. The number of ether oxygens (including phenoxy) is 1. The van der Waals surface area contributed by atoms with Crippen molar-refractivity contribution in [2.24, 2.45) is 0 Å². The molecule has 0 atom stereocenters. The largest absolute Gasteiger partial charge is 0.507 e. The molecule has 3 aromatic carbocycles. The molecule has 0 aliphatic carbocycles. The molecule has 0 aliphatic rings. The number of phenols is 1. The molecular formula is C27H21F3N4O6. The molecule has 2 amide bonds. The predicted molar refractivity (Wildman–Crippen MR) is 138 cm³/mol. The van der Waals surface area contributed by atoms with Gasteiger partial charge in [0, 0.05) is 36.3 Å². The van der Waals surface area contributed by atoms with Crippen LogP contribution in [0.3, 0.4) is 0 Å². The Morgan fingerprint density at radius 2 is 1.73 bits per heavy atom. The Morgan fingerprint density at radius 1 is 1.05 bits per heavy atom. The van der Waals surface area contributed by atoms with Crippen molar-refractivity contribution in [2.75, 3.05) is 24.4 Å².